The highest BCUT2D eigenvalue weighted by molar-refractivity contribution is 5.82. The van der Waals surface area contributed by atoms with Gasteiger partial charge in [0, 0.05) is 12.7 Å². The summed E-state index contributed by atoms with van der Waals surface area (Å²) >= 11 is 0. The van der Waals surface area contributed by atoms with Crippen LogP contribution in [0, 0.1) is 5.82 Å². The van der Waals surface area contributed by atoms with Crippen molar-refractivity contribution in [3.05, 3.63) is 65.9 Å². The minimum atomic E-state index is -0.245. The van der Waals surface area contributed by atoms with E-state index in [1.807, 2.05) is 28.8 Å². The van der Waals surface area contributed by atoms with Gasteiger partial charge in [0.25, 0.3) is 0 Å². The number of amides is 1. The van der Waals surface area contributed by atoms with Crippen LogP contribution in [0.4, 0.5) is 4.39 Å². The molecule has 0 bridgehead atoms. The summed E-state index contributed by atoms with van der Waals surface area (Å²) in [5, 5.41) is 11.2. The Kier molecular flexibility index (Phi) is 4.62. The van der Waals surface area contributed by atoms with E-state index in [1.165, 1.54) is 12.1 Å². The number of nitrogens with zero attached hydrogens (tertiary/aromatic N) is 4. The Labute approximate surface area is 150 Å². The fourth-order valence-electron chi connectivity index (χ4n) is 3.43. The highest BCUT2D eigenvalue weighted by Gasteiger charge is 2.30. The topological polar surface area (TPSA) is 62.5 Å². The van der Waals surface area contributed by atoms with Crippen LogP contribution in [-0.4, -0.2) is 38.0 Å². The Morgan fingerprint density at radius 2 is 2.04 bits per heavy atom. The number of benzene rings is 1. The number of halogens is 1. The largest absolute Gasteiger partial charge is 0.347 e. The first-order chi connectivity index (χ1) is 12.7. The molecule has 0 aliphatic carbocycles. The van der Waals surface area contributed by atoms with Gasteiger partial charge in [0.15, 0.2) is 11.5 Å². The van der Waals surface area contributed by atoms with Gasteiger partial charge < -0.3 is 5.32 Å². The summed E-state index contributed by atoms with van der Waals surface area (Å²) in [6.07, 6.45) is 3.69. The van der Waals surface area contributed by atoms with Gasteiger partial charge in [-0.3, -0.25) is 14.1 Å². The SMILES string of the molecule is O=C(NCc1nnc2ccccn12)C1CCCN1Cc1ccc(F)cc1. The summed E-state index contributed by atoms with van der Waals surface area (Å²) in [6.45, 7) is 1.85. The first-order valence-electron chi connectivity index (χ1n) is 8.75. The lowest BCUT2D eigenvalue weighted by Gasteiger charge is -2.23. The summed E-state index contributed by atoms with van der Waals surface area (Å²) in [5.41, 5.74) is 1.77. The number of nitrogens with one attached hydrogen (secondary N) is 1. The van der Waals surface area contributed by atoms with Crippen molar-refractivity contribution in [1.29, 1.82) is 0 Å². The van der Waals surface area contributed by atoms with E-state index in [2.05, 4.69) is 20.4 Å². The van der Waals surface area contributed by atoms with E-state index in [1.54, 1.807) is 12.1 Å². The number of fused-ring (bicyclic) bond motifs is 1. The van der Waals surface area contributed by atoms with E-state index in [9.17, 15) is 9.18 Å². The summed E-state index contributed by atoms with van der Waals surface area (Å²) in [6, 6.07) is 12.0. The Bertz CT molecular complexity index is 908. The maximum atomic E-state index is 13.1. The van der Waals surface area contributed by atoms with Crippen molar-refractivity contribution >= 4 is 11.6 Å². The van der Waals surface area contributed by atoms with Gasteiger partial charge in [-0.2, -0.15) is 0 Å². The lowest BCUT2D eigenvalue weighted by molar-refractivity contribution is -0.125. The van der Waals surface area contributed by atoms with Crippen LogP contribution in [0.5, 0.6) is 0 Å². The van der Waals surface area contributed by atoms with E-state index in [0.29, 0.717) is 18.9 Å². The van der Waals surface area contributed by atoms with Crippen molar-refractivity contribution in [2.45, 2.75) is 32.0 Å². The Balaban J connectivity index is 1.39. The third-order valence-corrected chi connectivity index (χ3v) is 4.77. The van der Waals surface area contributed by atoms with Crippen LogP contribution < -0.4 is 5.32 Å². The molecule has 6 nitrogen and oxygen atoms in total. The molecular formula is C19H20FN5O. The fourth-order valence-corrected chi connectivity index (χ4v) is 3.43. The van der Waals surface area contributed by atoms with Crippen LogP contribution in [0.25, 0.3) is 5.65 Å². The molecular weight excluding hydrogens is 333 g/mol. The smallest absolute Gasteiger partial charge is 0.237 e. The lowest BCUT2D eigenvalue weighted by atomic mass is 10.1. The summed E-state index contributed by atoms with van der Waals surface area (Å²) in [4.78, 5) is 14.8. The number of likely N-dealkylation sites (tertiary alicyclic amines) is 1. The molecule has 1 amide bonds. The quantitative estimate of drug-likeness (QED) is 0.763. The van der Waals surface area contributed by atoms with Crippen LogP contribution in [-0.2, 0) is 17.9 Å². The predicted molar refractivity (Wildman–Crippen MR) is 94.7 cm³/mol. The van der Waals surface area contributed by atoms with Gasteiger partial charge in [0.1, 0.15) is 5.82 Å². The normalized spacial score (nSPS) is 17.7. The highest BCUT2D eigenvalue weighted by atomic mass is 19.1. The number of aromatic nitrogens is 3. The molecule has 7 heteroatoms. The molecule has 1 saturated heterocycles. The van der Waals surface area contributed by atoms with E-state index >= 15 is 0 Å². The van der Waals surface area contributed by atoms with Gasteiger partial charge in [-0.25, -0.2) is 4.39 Å². The zero-order valence-corrected chi connectivity index (χ0v) is 14.3. The monoisotopic (exact) mass is 353 g/mol. The molecule has 0 spiro atoms. The molecule has 1 aromatic carbocycles. The van der Waals surface area contributed by atoms with Crippen molar-refractivity contribution in [2.24, 2.45) is 0 Å². The third kappa shape index (κ3) is 3.43. The minimum Gasteiger partial charge on any atom is -0.347 e. The second-order valence-corrected chi connectivity index (χ2v) is 6.52. The summed E-state index contributed by atoms with van der Waals surface area (Å²) < 4.78 is 14.9. The molecule has 1 unspecified atom stereocenters. The first kappa shape index (κ1) is 16.7. The predicted octanol–water partition coefficient (Wildman–Crippen LogP) is 2.15. The third-order valence-electron chi connectivity index (χ3n) is 4.77. The van der Waals surface area contributed by atoms with Crippen molar-refractivity contribution in [3.8, 4) is 0 Å². The Morgan fingerprint density at radius 3 is 2.88 bits per heavy atom. The van der Waals surface area contributed by atoms with Crippen LogP contribution in [0.3, 0.4) is 0 Å². The Hall–Kier alpha value is -2.80. The molecule has 3 aromatic rings. The zero-order chi connectivity index (χ0) is 17.9. The molecule has 3 heterocycles. The highest BCUT2D eigenvalue weighted by Crippen LogP contribution is 2.20. The summed E-state index contributed by atoms with van der Waals surface area (Å²) in [5.74, 6) is 0.458. The number of pyridine rings is 1. The van der Waals surface area contributed by atoms with Gasteiger partial charge in [0.2, 0.25) is 5.91 Å². The second-order valence-electron chi connectivity index (χ2n) is 6.52. The molecule has 1 aliphatic heterocycles. The van der Waals surface area contributed by atoms with E-state index in [4.69, 9.17) is 0 Å². The van der Waals surface area contributed by atoms with Crippen LogP contribution in [0.1, 0.15) is 24.2 Å². The molecule has 2 aromatic heterocycles. The van der Waals surface area contributed by atoms with Gasteiger partial charge in [-0.05, 0) is 49.2 Å². The van der Waals surface area contributed by atoms with Crippen molar-refractivity contribution < 1.29 is 9.18 Å². The van der Waals surface area contributed by atoms with Gasteiger partial charge >= 0.3 is 0 Å². The standard InChI is InChI=1S/C19H20FN5O/c20-15-8-6-14(7-9-15)13-24-10-3-4-16(24)19(26)21-12-18-23-22-17-5-1-2-11-25(17)18/h1-2,5-9,11,16H,3-4,10,12-13H2,(H,21,26). The maximum absolute atomic E-state index is 13.1. The van der Waals surface area contributed by atoms with E-state index in [0.717, 1.165) is 30.6 Å². The Morgan fingerprint density at radius 1 is 1.19 bits per heavy atom. The summed E-state index contributed by atoms with van der Waals surface area (Å²) in [7, 11) is 0. The van der Waals surface area contributed by atoms with Crippen LogP contribution in [0.2, 0.25) is 0 Å². The number of hydrogen-bond acceptors (Lipinski definition) is 4. The number of carbonyl (C=O) groups is 1. The second kappa shape index (κ2) is 7.21. The van der Waals surface area contributed by atoms with Gasteiger partial charge in [0.05, 0.1) is 12.6 Å². The van der Waals surface area contributed by atoms with Crippen LogP contribution in [0.15, 0.2) is 48.7 Å². The van der Waals surface area contributed by atoms with Crippen molar-refractivity contribution in [2.75, 3.05) is 6.54 Å². The van der Waals surface area contributed by atoms with E-state index < -0.39 is 0 Å². The molecule has 1 fully saturated rings. The minimum absolute atomic E-state index is 0.00251. The maximum Gasteiger partial charge on any atom is 0.237 e. The van der Waals surface area contributed by atoms with E-state index in [-0.39, 0.29) is 17.8 Å². The fraction of sp³-hybridized carbons (Fsp3) is 0.316. The van der Waals surface area contributed by atoms with Gasteiger partial charge in [-0.1, -0.05) is 18.2 Å². The molecule has 4 rings (SSSR count). The van der Waals surface area contributed by atoms with Gasteiger partial charge in [-0.15, -0.1) is 10.2 Å². The molecule has 1 aliphatic rings. The molecule has 0 saturated carbocycles. The van der Waals surface area contributed by atoms with Crippen molar-refractivity contribution in [3.63, 3.8) is 0 Å². The number of hydrogen-bond donors (Lipinski definition) is 1. The number of carbonyl (C=O) groups excluding carboxylic acids is 1. The molecule has 1 atom stereocenters. The lowest BCUT2D eigenvalue weighted by Crippen LogP contribution is -2.42. The number of rotatable bonds is 5. The first-order valence-corrected chi connectivity index (χ1v) is 8.75. The van der Waals surface area contributed by atoms with Crippen LogP contribution >= 0.6 is 0 Å². The molecule has 134 valence electrons. The molecule has 26 heavy (non-hydrogen) atoms. The van der Waals surface area contributed by atoms with Crippen molar-refractivity contribution in [1.82, 2.24) is 24.8 Å². The average Bonchev–Trinajstić information content (AvgIpc) is 3.29. The molecule has 0 radical (unpaired) electrons. The molecule has 1 N–H and O–H groups in total. The average molecular weight is 353 g/mol. The zero-order valence-electron chi connectivity index (χ0n) is 14.3.